The lowest BCUT2D eigenvalue weighted by Crippen LogP contribution is -1.95. The number of nitro groups is 2. The highest BCUT2D eigenvalue weighted by atomic mass is 79.9. The Morgan fingerprint density at radius 3 is 1.72 bits per heavy atom. The molecule has 0 radical (unpaired) electrons. The van der Waals surface area contributed by atoms with Gasteiger partial charge in [-0.1, -0.05) is 137 Å². The van der Waals surface area contributed by atoms with Gasteiger partial charge in [-0.3, -0.25) is 20.2 Å². The molecule has 0 atom stereocenters. The maximum atomic E-state index is 11.4. The van der Waals surface area contributed by atoms with E-state index in [1.54, 1.807) is 24.5 Å². The van der Waals surface area contributed by atoms with E-state index in [1.165, 1.54) is 34.4 Å². The van der Waals surface area contributed by atoms with Crippen LogP contribution in [0, 0.1) is 20.2 Å². The number of benzene rings is 6. The second-order valence-corrected chi connectivity index (χ2v) is 14.9. The summed E-state index contributed by atoms with van der Waals surface area (Å²) < 4.78 is 3.22. The Hall–Kier alpha value is -7.82. The molecule has 0 spiro atoms. The van der Waals surface area contributed by atoms with Gasteiger partial charge in [0.25, 0.3) is 11.4 Å². The van der Waals surface area contributed by atoms with Crippen molar-refractivity contribution in [3.8, 4) is 50.5 Å². The SMILES string of the molecule is Brc1cccc(-c2ccccc2)c1.O=[N+]([O-])c1cccnc1-c1ccc2c(c1)CC=C2.O=[N+]([O-])c1cccnc1-c1ccc2ccn(-c3cccc(-c4ccccc4)c3)c2c1. The number of allylic oxidation sites excluding steroid dienone is 1. The maximum Gasteiger partial charge on any atom is 0.295 e. The Morgan fingerprint density at radius 1 is 0.525 bits per heavy atom. The van der Waals surface area contributed by atoms with Crippen molar-refractivity contribution in [2.24, 2.45) is 0 Å². The van der Waals surface area contributed by atoms with Gasteiger partial charge in [-0.2, -0.15) is 0 Å². The van der Waals surface area contributed by atoms with E-state index in [0.717, 1.165) is 44.2 Å². The molecule has 0 aliphatic heterocycles. The van der Waals surface area contributed by atoms with Crippen LogP contribution in [0.5, 0.6) is 0 Å². The van der Waals surface area contributed by atoms with Crippen molar-refractivity contribution in [1.29, 1.82) is 0 Å². The van der Waals surface area contributed by atoms with Crippen molar-refractivity contribution < 1.29 is 9.85 Å². The zero-order valence-corrected chi connectivity index (χ0v) is 34.2. The van der Waals surface area contributed by atoms with Crippen LogP contribution >= 0.6 is 15.9 Å². The van der Waals surface area contributed by atoms with Crippen LogP contribution in [0.2, 0.25) is 0 Å². The summed E-state index contributed by atoms with van der Waals surface area (Å²) in [7, 11) is 0. The number of pyridine rings is 2. The van der Waals surface area contributed by atoms with Crippen LogP contribution in [0.25, 0.3) is 67.4 Å². The van der Waals surface area contributed by atoms with Gasteiger partial charge in [0, 0.05) is 52.0 Å². The van der Waals surface area contributed by atoms with Crippen molar-refractivity contribution in [3.63, 3.8) is 0 Å². The normalized spacial score (nSPS) is 11.2. The summed E-state index contributed by atoms with van der Waals surface area (Å²) in [5, 5.41) is 23.5. The Kier molecular flexibility index (Phi) is 12.1. The van der Waals surface area contributed by atoms with E-state index in [2.05, 4.69) is 109 Å². The van der Waals surface area contributed by atoms with Gasteiger partial charge in [-0.15, -0.1) is 0 Å². The molecule has 0 saturated carbocycles. The number of hydrogen-bond acceptors (Lipinski definition) is 6. The quantitative estimate of drug-likeness (QED) is 0.116. The second kappa shape index (κ2) is 18.4. The van der Waals surface area contributed by atoms with E-state index in [9.17, 15) is 20.2 Å². The topological polar surface area (TPSA) is 117 Å². The molecule has 296 valence electrons. The van der Waals surface area contributed by atoms with E-state index in [-0.39, 0.29) is 11.4 Å². The summed E-state index contributed by atoms with van der Waals surface area (Å²) in [6.45, 7) is 0. The highest BCUT2D eigenvalue weighted by molar-refractivity contribution is 9.10. The van der Waals surface area contributed by atoms with E-state index < -0.39 is 9.85 Å². The van der Waals surface area contributed by atoms with Gasteiger partial charge in [0.15, 0.2) is 0 Å². The lowest BCUT2D eigenvalue weighted by Gasteiger charge is -2.10. The van der Waals surface area contributed by atoms with Gasteiger partial charge in [0.1, 0.15) is 11.4 Å². The molecule has 3 heterocycles. The highest BCUT2D eigenvalue weighted by Crippen LogP contribution is 2.33. The second-order valence-electron chi connectivity index (χ2n) is 14.0. The molecule has 3 aromatic heterocycles. The van der Waals surface area contributed by atoms with Crippen LogP contribution in [-0.2, 0) is 6.42 Å². The molecule has 1 aliphatic rings. The van der Waals surface area contributed by atoms with E-state index in [1.807, 2.05) is 91.1 Å². The number of nitrogens with zero attached hydrogens (tertiary/aromatic N) is 5. The summed E-state index contributed by atoms with van der Waals surface area (Å²) in [5.41, 5.74) is 11.5. The van der Waals surface area contributed by atoms with Crippen molar-refractivity contribution in [3.05, 3.63) is 236 Å². The zero-order chi connectivity index (χ0) is 42.1. The summed E-state index contributed by atoms with van der Waals surface area (Å²) in [6.07, 6.45) is 10.2. The van der Waals surface area contributed by atoms with Crippen LogP contribution < -0.4 is 0 Å². The average Bonchev–Trinajstić information content (AvgIpc) is 3.97. The number of aromatic nitrogens is 3. The lowest BCUT2D eigenvalue weighted by molar-refractivity contribution is -0.384. The molecule has 0 fully saturated rings. The first-order chi connectivity index (χ1) is 29.8. The smallest absolute Gasteiger partial charge is 0.295 e. The van der Waals surface area contributed by atoms with Gasteiger partial charge in [-0.25, -0.2) is 9.97 Å². The maximum absolute atomic E-state index is 11.4. The predicted molar refractivity (Wildman–Crippen MR) is 247 cm³/mol. The van der Waals surface area contributed by atoms with Crippen molar-refractivity contribution in [2.45, 2.75) is 6.42 Å². The Labute approximate surface area is 360 Å². The standard InChI is InChI=1S/C25H17N3O2.C14H10N2O2.C12H9Br/c29-28(30)23-10-5-14-26-25(23)21-12-11-19-13-15-27(24(19)17-21)22-9-4-8-20(16-22)18-6-2-1-3-7-18;17-16(18)13-5-2-8-15-14(13)12-7-6-10-3-1-4-11(10)9-12;13-12-8-4-7-11(9-12)10-5-2-1-3-6-10/h1-17H;1-3,5-9H,4H2;1-9H. The van der Waals surface area contributed by atoms with Gasteiger partial charge < -0.3 is 4.57 Å². The molecule has 0 amide bonds. The number of halogens is 1. The highest BCUT2D eigenvalue weighted by Gasteiger charge is 2.18. The average molecular weight is 863 g/mol. The molecular formula is C51H36BrN5O4. The van der Waals surface area contributed by atoms with Gasteiger partial charge >= 0.3 is 0 Å². The molecule has 6 aromatic carbocycles. The summed E-state index contributed by atoms with van der Waals surface area (Å²) in [6, 6.07) is 57.0. The fourth-order valence-corrected chi connectivity index (χ4v) is 7.60. The monoisotopic (exact) mass is 861 g/mol. The largest absolute Gasteiger partial charge is 0.317 e. The van der Waals surface area contributed by atoms with Crippen LogP contribution in [0.15, 0.2) is 205 Å². The van der Waals surface area contributed by atoms with Gasteiger partial charge in [-0.05, 0) is 99.8 Å². The van der Waals surface area contributed by atoms with Crippen LogP contribution in [-0.4, -0.2) is 24.4 Å². The zero-order valence-electron chi connectivity index (χ0n) is 32.6. The van der Waals surface area contributed by atoms with Crippen molar-refractivity contribution in [1.82, 2.24) is 14.5 Å². The molecule has 9 nitrogen and oxygen atoms in total. The molecule has 9 aromatic rings. The van der Waals surface area contributed by atoms with Crippen LogP contribution in [0.4, 0.5) is 11.4 Å². The first kappa shape index (κ1) is 40.0. The minimum absolute atomic E-state index is 0.000955. The molecule has 61 heavy (non-hydrogen) atoms. The number of fused-ring (bicyclic) bond motifs is 2. The molecule has 10 rings (SSSR count). The van der Waals surface area contributed by atoms with Crippen molar-refractivity contribution >= 4 is 44.3 Å². The lowest BCUT2D eigenvalue weighted by atomic mass is 10.0. The molecule has 0 unspecified atom stereocenters. The third kappa shape index (κ3) is 9.25. The summed E-state index contributed by atoms with van der Waals surface area (Å²) >= 11 is 3.46. The van der Waals surface area contributed by atoms with E-state index in [0.29, 0.717) is 17.0 Å². The minimum atomic E-state index is -0.395. The molecular weight excluding hydrogens is 826 g/mol. The van der Waals surface area contributed by atoms with E-state index in [4.69, 9.17) is 0 Å². The first-order valence-corrected chi connectivity index (χ1v) is 20.2. The Bertz CT molecular complexity index is 3040. The molecule has 1 aliphatic carbocycles. The summed E-state index contributed by atoms with van der Waals surface area (Å²) in [4.78, 5) is 30.0. The van der Waals surface area contributed by atoms with Crippen LogP contribution in [0.3, 0.4) is 0 Å². The molecule has 0 bridgehead atoms. The number of hydrogen-bond donors (Lipinski definition) is 0. The fraction of sp³-hybridized carbons (Fsp3) is 0.0196. The van der Waals surface area contributed by atoms with Crippen LogP contribution in [0.1, 0.15) is 11.1 Å². The third-order valence-corrected chi connectivity index (χ3v) is 10.6. The summed E-state index contributed by atoms with van der Waals surface area (Å²) in [5.74, 6) is 0. The van der Waals surface area contributed by atoms with Gasteiger partial charge in [0.05, 0.1) is 15.4 Å². The molecule has 0 saturated heterocycles. The van der Waals surface area contributed by atoms with E-state index >= 15 is 0 Å². The predicted octanol–water partition coefficient (Wildman–Crippen LogP) is 13.6. The Morgan fingerprint density at radius 2 is 1.10 bits per heavy atom. The minimum Gasteiger partial charge on any atom is -0.317 e. The Balaban J connectivity index is 0.000000140. The first-order valence-electron chi connectivity index (χ1n) is 19.4. The molecule has 0 N–H and O–H groups in total. The number of rotatable bonds is 7. The fourth-order valence-electron chi connectivity index (χ4n) is 7.20. The van der Waals surface area contributed by atoms with Crippen molar-refractivity contribution in [2.75, 3.05) is 0 Å². The molecule has 10 heteroatoms. The third-order valence-electron chi connectivity index (χ3n) is 10.1. The van der Waals surface area contributed by atoms with Gasteiger partial charge in [0.2, 0.25) is 0 Å².